The Hall–Kier alpha value is -2.07. The van der Waals surface area contributed by atoms with Crippen LogP contribution in [-0.4, -0.2) is 10.9 Å². The van der Waals surface area contributed by atoms with Gasteiger partial charge in [-0.2, -0.15) is 4.99 Å². The molecule has 0 unspecified atom stereocenters. The number of halogens is 1. The third kappa shape index (κ3) is 2.73. The number of hydrogen-bond acceptors (Lipinski definition) is 2. The van der Waals surface area contributed by atoms with Crippen molar-refractivity contribution in [3.8, 4) is 11.1 Å². The first-order valence-electron chi connectivity index (χ1n) is 4.97. The van der Waals surface area contributed by atoms with Crippen molar-refractivity contribution in [2.75, 3.05) is 0 Å². The first-order valence-corrected chi connectivity index (χ1v) is 5.35. The van der Waals surface area contributed by atoms with Gasteiger partial charge in [-0.1, -0.05) is 29.8 Å². The maximum absolute atomic E-state index is 6.11. The van der Waals surface area contributed by atoms with Crippen molar-refractivity contribution >= 4 is 23.4 Å². The van der Waals surface area contributed by atoms with Crippen molar-refractivity contribution in [1.82, 2.24) is 4.98 Å². The van der Waals surface area contributed by atoms with Crippen LogP contribution in [0.5, 0.6) is 0 Å². The van der Waals surface area contributed by atoms with Gasteiger partial charge in [-0.25, -0.2) is 4.98 Å². The van der Waals surface area contributed by atoms with Gasteiger partial charge in [0.05, 0.1) is 0 Å². The Labute approximate surface area is 104 Å². The maximum atomic E-state index is 6.11. The molecule has 0 spiro atoms. The van der Waals surface area contributed by atoms with Crippen LogP contribution in [0, 0.1) is 0 Å². The zero-order valence-corrected chi connectivity index (χ0v) is 9.72. The van der Waals surface area contributed by atoms with Crippen LogP contribution in [0.3, 0.4) is 0 Å². The Morgan fingerprint density at radius 1 is 1.18 bits per heavy atom. The van der Waals surface area contributed by atoms with E-state index < -0.39 is 0 Å². The number of aliphatic imine (C=N–C) groups is 1. The van der Waals surface area contributed by atoms with Crippen molar-refractivity contribution in [1.29, 1.82) is 0 Å². The summed E-state index contributed by atoms with van der Waals surface area (Å²) in [6, 6.07) is 11.2. The van der Waals surface area contributed by atoms with Crippen LogP contribution in [0.1, 0.15) is 0 Å². The Morgan fingerprint density at radius 3 is 2.65 bits per heavy atom. The molecule has 1 heterocycles. The summed E-state index contributed by atoms with van der Waals surface area (Å²) in [4.78, 5) is 7.94. The highest BCUT2D eigenvalue weighted by molar-refractivity contribution is 6.33. The van der Waals surface area contributed by atoms with E-state index in [0.29, 0.717) is 10.8 Å². The molecule has 4 N–H and O–H groups in total. The number of nitrogens with zero attached hydrogens (tertiary/aromatic N) is 2. The average molecular weight is 247 g/mol. The second-order valence-corrected chi connectivity index (χ2v) is 3.83. The Bertz CT molecular complexity index is 562. The van der Waals surface area contributed by atoms with Crippen molar-refractivity contribution in [3.63, 3.8) is 0 Å². The molecule has 86 valence electrons. The molecular weight excluding hydrogens is 236 g/mol. The number of nitrogens with two attached hydrogens (primary N) is 2. The monoisotopic (exact) mass is 246 g/mol. The summed E-state index contributed by atoms with van der Waals surface area (Å²) in [6.07, 6.45) is 1.64. The molecule has 0 atom stereocenters. The molecule has 2 aromatic rings. The van der Waals surface area contributed by atoms with Gasteiger partial charge in [0.1, 0.15) is 0 Å². The number of rotatable bonds is 2. The lowest BCUT2D eigenvalue weighted by Gasteiger charge is -2.04. The Kier molecular flexibility index (Phi) is 3.25. The molecule has 1 aromatic carbocycles. The molecule has 0 aliphatic heterocycles. The number of pyridine rings is 1. The van der Waals surface area contributed by atoms with Gasteiger partial charge in [-0.15, -0.1) is 0 Å². The van der Waals surface area contributed by atoms with E-state index >= 15 is 0 Å². The van der Waals surface area contributed by atoms with E-state index in [1.807, 2.05) is 30.3 Å². The summed E-state index contributed by atoms with van der Waals surface area (Å²) in [5.74, 6) is 0.441. The molecule has 2 rings (SSSR count). The molecule has 0 amide bonds. The molecule has 0 fully saturated rings. The summed E-state index contributed by atoms with van der Waals surface area (Å²) >= 11 is 6.11. The zero-order chi connectivity index (χ0) is 12.3. The topological polar surface area (TPSA) is 77.3 Å². The fraction of sp³-hybridized carbons (Fsp3) is 0. The minimum Gasteiger partial charge on any atom is -0.370 e. The predicted molar refractivity (Wildman–Crippen MR) is 70.2 cm³/mol. The molecule has 4 nitrogen and oxygen atoms in total. The SMILES string of the molecule is NC(N)=Nc1cc(-c2ccccc2Cl)ccn1. The summed E-state index contributed by atoms with van der Waals surface area (Å²) in [5, 5.41) is 0.675. The van der Waals surface area contributed by atoms with Gasteiger partial charge < -0.3 is 11.5 Å². The maximum Gasteiger partial charge on any atom is 0.192 e. The lowest BCUT2D eigenvalue weighted by atomic mass is 10.1. The van der Waals surface area contributed by atoms with Crippen molar-refractivity contribution in [2.45, 2.75) is 0 Å². The highest BCUT2D eigenvalue weighted by atomic mass is 35.5. The van der Waals surface area contributed by atoms with Crippen molar-refractivity contribution in [2.24, 2.45) is 16.5 Å². The first kappa shape index (κ1) is 11.4. The fourth-order valence-electron chi connectivity index (χ4n) is 1.47. The molecule has 0 aliphatic carbocycles. The molecule has 17 heavy (non-hydrogen) atoms. The van der Waals surface area contributed by atoms with Gasteiger partial charge in [0.15, 0.2) is 11.8 Å². The minimum absolute atomic E-state index is 0.0196. The smallest absolute Gasteiger partial charge is 0.192 e. The molecule has 0 saturated heterocycles. The van der Waals surface area contributed by atoms with Crippen LogP contribution in [0.25, 0.3) is 11.1 Å². The second kappa shape index (κ2) is 4.84. The van der Waals surface area contributed by atoms with Gasteiger partial charge in [-0.3, -0.25) is 0 Å². The third-order valence-electron chi connectivity index (χ3n) is 2.17. The van der Waals surface area contributed by atoms with Gasteiger partial charge >= 0.3 is 0 Å². The van der Waals surface area contributed by atoms with E-state index in [4.69, 9.17) is 23.1 Å². The molecule has 0 saturated carbocycles. The Morgan fingerprint density at radius 2 is 1.94 bits per heavy atom. The molecular formula is C12H11ClN4. The first-order chi connectivity index (χ1) is 8.16. The molecule has 0 radical (unpaired) electrons. The number of benzene rings is 1. The normalized spacial score (nSPS) is 9.94. The van der Waals surface area contributed by atoms with Crippen LogP contribution in [-0.2, 0) is 0 Å². The molecule has 0 bridgehead atoms. The van der Waals surface area contributed by atoms with E-state index in [1.165, 1.54) is 0 Å². The van der Waals surface area contributed by atoms with Crippen LogP contribution in [0.2, 0.25) is 5.02 Å². The van der Waals surface area contributed by atoms with Crippen LogP contribution >= 0.6 is 11.6 Å². The highest BCUT2D eigenvalue weighted by Gasteiger charge is 2.03. The summed E-state index contributed by atoms with van der Waals surface area (Å²) in [5.41, 5.74) is 12.5. The lowest BCUT2D eigenvalue weighted by molar-refractivity contribution is 1.26. The molecule has 1 aromatic heterocycles. The van der Waals surface area contributed by atoms with Crippen LogP contribution < -0.4 is 11.5 Å². The average Bonchev–Trinajstić information content (AvgIpc) is 2.29. The number of aromatic nitrogens is 1. The van der Waals surface area contributed by atoms with E-state index in [0.717, 1.165) is 11.1 Å². The van der Waals surface area contributed by atoms with Crippen molar-refractivity contribution < 1.29 is 0 Å². The lowest BCUT2D eigenvalue weighted by Crippen LogP contribution is -2.22. The standard InChI is InChI=1S/C12H11ClN4/c13-10-4-2-1-3-9(10)8-5-6-16-11(7-8)17-12(14)15/h1-7H,(H4,14,15,16,17). The quantitative estimate of drug-likeness (QED) is 0.631. The van der Waals surface area contributed by atoms with E-state index in [-0.39, 0.29) is 5.96 Å². The highest BCUT2D eigenvalue weighted by Crippen LogP contribution is 2.28. The van der Waals surface area contributed by atoms with E-state index in [9.17, 15) is 0 Å². The molecule has 5 heteroatoms. The predicted octanol–water partition coefficient (Wildman–Crippen LogP) is 2.31. The van der Waals surface area contributed by atoms with Crippen LogP contribution in [0.15, 0.2) is 47.6 Å². The minimum atomic E-state index is -0.0196. The molecule has 0 aliphatic rings. The largest absolute Gasteiger partial charge is 0.370 e. The third-order valence-corrected chi connectivity index (χ3v) is 2.50. The zero-order valence-electron chi connectivity index (χ0n) is 8.97. The number of guanidine groups is 1. The summed E-state index contributed by atoms with van der Waals surface area (Å²) in [7, 11) is 0. The number of hydrogen-bond donors (Lipinski definition) is 2. The van der Waals surface area contributed by atoms with Crippen molar-refractivity contribution in [3.05, 3.63) is 47.6 Å². The van der Waals surface area contributed by atoms with Gasteiger partial charge in [0.25, 0.3) is 0 Å². The summed E-state index contributed by atoms with van der Waals surface area (Å²) in [6.45, 7) is 0. The van der Waals surface area contributed by atoms with Gasteiger partial charge in [0.2, 0.25) is 0 Å². The van der Waals surface area contributed by atoms with E-state index in [1.54, 1.807) is 12.3 Å². The second-order valence-electron chi connectivity index (χ2n) is 3.42. The van der Waals surface area contributed by atoms with Gasteiger partial charge in [0, 0.05) is 16.8 Å². The van der Waals surface area contributed by atoms with E-state index in [2.05, 4.69) is 9.98 Å². The fourth-order valence-corrected chi connectivity index (χ4v) is 1.72. The Balaban J connectivity index is 2.47. The van der Waals surface area contributed by atoms with Gasteiger partial charge in [-0.05, 0) is 23.8 Å². The van der Waals surface area contributed by atoms with Crippen LogP contribution in [0.4, 0.5) is 5.82 Å². The summed E-state index contributed by atoms with van der Waals surface area (Å²) < 4.78 is 0.